The van der Waals surface area contributed by atoms with E-state index in [4.69, 9.17) is 0 Å². The van der Waals surface area contributed by atoms with Crippen molar-refractivity contribution in [2.24, 2.45) is 0 Å². The highest BCUT2D eigenvalue weighted by molar-refractivity contribution is 5.54. The second-order valence-corrected chi connectivity index (χ2v) is 5.24. The van der Waals surface area contributed by atoms with Gasteiger partial charge in [0, 0.05) is 25.8 Å². The summed E-state index contributed by atoms with van der Waals surface area (Å²) in [4.78, 5) is 4.59. The van der Waals surface area contributed by atoms with Crippen molar-refractivity contribution in [2.45, 2.75) is 19.9 Å². The topological polar surface area (TPSA) is 18.5 Å². The summed E-state index contributed by atoms with van der Waals surface area (Å²) >= 11 is 0. The van der Waals surface area contributed by atoms with Crippen molar-refractivity contribution >= 4 is 5.69 Å². The van der Waals surface area contributed by atoms with Crippen molar-refractivity contribution in [1.82, 2.24) is 10.2 Å². The molecule has 0 aliphatic heterocycles. The van der Waals surface area contributed by atoms with Crippen LogP contribution in [0.5, 0.6) is 0 Å². The number of hydrogen-bond donors (Lipinski definition) is 1. The molecule has 0 saturated carbocycles. The van der Waals surface area contributed by atoms with Crippen LogP contribution in [0.2, 0.25) is 0 Å². The molecule has 0 aromatic heterocycles. The number of nitrogens with one attached hydrogen (secondary N) is 1. The third kappa shape index (κ3) is 4.67. The fourth-order valence-corrected chi connectivity index (χ4v) is 2.16. The number of rotatable bonds is 7. The Balaban J connectivity index is 2.68. The second kappa shape index (κ2) is 7.39. The van der Waals surface area contributed by atoms with Crippen molar-refractivity contribution in [1.29, 1.82) is 0 Å². The minimum atomic E-state index is 0.926. The van der Waals surface area contributed by atoms with Gasteiger partial charge in [0.25, 0.3) is 0 Å². The van der Waals surface area contributed by atoms with Gasteiger partial charge in [-0.3, -0.25) is 0 Å². The van der Waals surface area contributed by atoms with Crippen LogP contribution in [0, 0.1) is 6.92 Å². The van der Waals surface area contributed by atoms with Crippen molar-refractivity contribution in [2.75, 3.05) is 46.2 Å². The zero-order valence-electron chi connectivity index (χ0n) is 12.5. The predicted molar refractivity (Wildman–Crippen MR) is 80.4 cm³/mol. The summed E-state index contributed by atoms with van der Waals surface area (Å²) in [6, 6.07) is 6.70. The molecule has 1 N–H and O–H groups in total. The summed E-state index contributed by atoms with van der Waals surface area (Å²) < 4.78 is 0. The van der Waals surface area contributed by atoms with Crippen molar-refractivity contribution in [3.05, 3.63) is 29.3 Å². The first-order valence-electron chi connectivity index (χ1n) is 6.64. The standard InChI is InChI=1S/C15H27N3/c1-13-7-8-15(14(11-13)12-16-2)18(5)10-6-9-17(3)4/h7-8,11,16H,6,9-10,12H2,1-5H3. The maximum atomic E-state index is 3.25. The average Bonchev–Trinajstić information content (AvgIpc) is 2.29. The van der Waals surface area contributed by atoms with E-state index < -0.39 is 0 Å². The Hall–Kier alpha value is -1.06. The number of anilines is 1. The van der Waals surface area contributed by atoms with E-state index in [9.17, 15) is 0 Å². The summed E-state index contributed by atoms with van der Waals surface area (Å²) in [5, 5.41) is 3.25. The van der Waals surface area contributed by atoms with E-state index in [0.29, 0.717) is 0 Å². The van der Waals surface area contributed by atoms with Crippen LogP contribution < -0.4 is 10.2 Å². The van der Waals surface area contributed by atoms with E-state index in [-0.39, 0.29) is 0 Å². The quantitative estimate of drug-likeness (QED) is 0.798. The molecule has 1 rings (SSSR count). The fraction of sp³-hybridized carbons (Fsp3) is 0.600. The Kier molecular flexibility index (Phi) is 6.16. The van der Waals surface area contributed by atoms with Gasteiger partial charge in [-0.05, 0) is 52.7 Å². The molecule has 102 valence electrons. The minimum Gasteiger partial charge on any atom is -0.374 e. The monoisotopic (exact) mass is 249 g/mol. The Morgan fingerprint density at radius 3 is 2.44 bits per heavy atom. The van der Waals surface area contributed by atoms with Crippen LogP contribution in [0.3, 0.4) is 0 Å². The molecule has 0 radical (unpaired) electrons. The van der Waals surface area contributed by atoms with Crippen LogP contribution in [-0.2, 0) is 6.54 Å². The molecule has 0 aliphatic carbocycles. The van der Waals surface area contributed by atoms with Gasteiger partial charge in [-0.1, -0.05) is 17.7 Å². The largest absolute Gasteiger partial charge is 0.374 e. The second-order valence-electron chi connectivity index (χ2n) is 5.24. The van der Waals surface area contributed by atoms with Gasteiger partial charge in [-0.2, -0.15) is 0 Å². The number of nitrogens with zero attached hydrogens (tertiary/aromatic N) is 2. The first-order valence-corrected chi connectivity index (χ1v) is 6.64. The lowest BCUT2D eigenvalue weighted by Crippen LogP contribution is -2.24. The van der Waals surface area contributed by atoms with E-state index >= 15 is 0 Å². The minimum absolute atomic E-state index is 0.926. The van der Waals surface area contributed by atoms with Crippen LogP contribution in [0.25, 0.3) is 0 Å². The summed E-state index contributed by atoms with van der Waals surface area (Å²) in [5.41, 5.74) is 4.05. The van der Waals surface area contributed by atoms with Crippen LogP contribution >= 0.6 is 0 Å². The van der Waals surface area contributed by atoms with Crippen LogP contribution in [-0.4, -0.2) is 46.2 Å². The van der Waals surface area contributed by atoms with Gasteiger partial charge >= 0.3 is 0 Å². The zero-order chi connectivity index (χ0) is 13.5. The lowest BCUT2D eigenvalue weighted by Gasteiger charge is -2.23. The Labute approximate surface area is 112 Å². The van der Waals surface area contributed by atoms with Crippen LogP contribution in [0.15, 0.2) is 18.2 Å². The number of benzene rings is 1. The number of hydrogen-bond acceptors (Lipinski definition) is 3. The first kappa shape index (κ1) is 15.0. The molecule has 0 bridgehead atoms. The predicted octanol–water partition coefficient (Wildman–Crippen LogP) is 2.10. The lowest BCUT2D eigenvalue weighted by molar-refractivity contribution is 0.401. The first-order chi connectivity index (χ1) is 8.54. The molecule has 0 amide bonds. The maximum absolute atomic E-state index is 3.25. The summed E-state index contributed by atoms with van der Waals surface area (Å²) in [6.07, 6.45) is 1.19. The summed E-state index contributed by atoms with van der Waals surface area (Å²) in [6.45, 7) is 5.31. The lowest BCUT2D eigenvalue weighted by atomic mass is 10.1. The molecular weight excluding hydrogens is 222 g/mol. The third-order valence-corrected chi connectivity index (χ3v) is 3.11. The summed E-state index contributed by atoms with van der Waals surface area (Å²) in [7, 11) is 8.42. The molecule has 0 fully saturated rings. The van der Waals surface area contributed by atoms with E-state index in [1.165, 1.54) is 23.2 Å². The van der Waals surface area contributed by atoms with E-state index in [2.05, 4.69) is 61.4 Å². The highest BCUT2D eigenvalue weighted by Crippen LogP contribution is 2.21. The SMILES string of the molecule is CNCc1cc(C)ccc1N(C)CCCN(C)C. The Morgan fingerprint density at radius 1 is 1.11 bits per heavy atom. The van der Waals surface area contributed by atoms with E-state index in [1.807, 2.05) is 7.05 Å². The van der Waals surface area contributed by atoms with Gasteiger partial charge in [0.2, 0.25) is 0 Å². The average molecular weight is 249 g/mol. The molecule has 0 heterocycles. The molecule has 0 unspecified atom stereocenters. The molecule has 1 aromatic rings. The molecule has 1 aromatic carbocycles. The highest BCUT2D eigenvalue weighted by atomic mass is 15.1. The molecule has 0 aliphatic rings. The van der Waals surface area contributed by atoms with E-state index in [1.54, 1.807) is 0 Å². The smallest absolute Gasteiger partial charge is 0.0409 e. The Morgan fingerprint density at radius 2 is 1.83 bits per heavy atom. The van der Waals surface area contributed by atoms with Crippen molar-refractivity contribution < 1.29 is 0 Å². The molecular formula is C15H27N3. The van der Waals surface area contributed by atoms with Gasteiger partial charge in [0.15, 0.2) is 0 Å². The third-order valence-electron chi connectivity index (χ3n) is 3.11. The van der Waals surface area contributed by atoms with Gasteiger partial charge in [0.1, 0.15) is 0 Å². The van der Waals surface area contributed by atoms with Gasteiger partial charge in [0.05, 0.1) is 0 Å². The van der Waals surface area contributed by atoms with Crippen LogP contribution in [0.1, 0.15) is 17.5 Å². The molecule has 3 heteroatoms. The molecule has 0 saturated heterocycles. The Bertz CT molecular complexity index is 361. The van der Waals surface area contributed by atoms with Crippen molar-refractivity contribution in [3.8, 4) is 0 Å². The van der Waals surface area contributed by atoms with Crippen molar-refractivity contribution in [3.63, 3.8) is 0 Å². The summed E-state index contributed by atoms with van der Waals surface area (Å²) in [5.74, 6) is 0. The normalized spacial score (nSPS) is 11.0. The fourth-order valence-electron chi connectivity index (χ4n) is 2.16. The molecule has 0 spiro atoms. The molecule has 18 heavy (non-hydrogen) atoms. The van der Waals surface area contributed by atoms with Crippen LogP contribution in [0.4, 0.5) is 5.69 Å². The van der Waals surface area contributed by atoms with Gasteiger partial charge < -0.3 is 15.1 Å². The van der Waals surface area contributed by atoms with Gasteiger partial charge in [-0.15, -0.1) is 0 Å². The highest BCUT2D eigenvalue weighted by Gasteiger charge is 2.07. The maximum Gasteiger partial charge on any atom is 0.0409 e. The zero-order valence-corrected chi connectivity index (χ0v) is 12.5. The number of aryl methyl sites for hydroxylation is 1. The van der Waals surface area contributed by atoms with Gasteiger partial charge in [-0.25, -0.2) is 0 Å². The molecule has 3 nitrogen and oxygen atoms in total. The van der Waals surface area contributed by atoms with E-state index in [0.717, 1.165) is 19.6 Å². The molecule has 0 atom stereocenters.